The Morgan fingerprint density at radius 3 is 2.80 bits per heavy atom. The molecule has 0 saturated carbocycles. The van der Waals surface area contributed by atoms with Gasteiger partial charge in [0.15, 0.2) is 0 Å². The first-order valence-electron chi connectivity index (χ1n) is 8.46. The predicted molar refractivity (Wildman–Crippen MR) is 96.6 cm³/mol. The number of H-pyrrole nitrogens is 1. The number of aromatic amines is 1. The van der Waals surface area contributed by atoms with Crippen LogP contribution in [0.3, 0.4) is 0 Å². The molecule has 0 aromatic carbocycles. The zero-order valence-electron chi connectivity index (χ0n) is 14.8. The Hall–Kier alpha value is -2.57. The number of fused-ring (bicyclic) bond motifs is 1. The summed E-state index contributed by atoms with van der Waals surface area (Å²) in [5.74, 6) is 0. The van der Waals surface area contributed by atoms with Crippen molar-refractivity contribution in [2.45, 2.75) is 45.8 Å². The van der Waals surface area contributed by atoms with E-state index < -0.39 is 6.09 Å². The van der Waals surface area contributed by atoms with Gasteiger partial charge in [-0.05, 0) is 17.5 Å². The lowest BCUT2D eigenvalue weighted by Gasteiger charge is -2.47. The summed E-state index contributed by atoms with van der Waals surface area (Å²) in [4.78, 5) is 32.1. The molecule has 1 amide bonds. The van der Waals surface area contributed by atoms with Crippen LogP contribution in [-0.2, 0) is 4.74 Å². The Kier molecular flexibility index (Phi) is 4.41. The molecule has 1 aliphatic rings. The van der Waals surface area contributed by atoms with Crippen molar-refractivity contribution in [2.24, 2.45) is 11.1 Å². The van der Waals surface area contributed by atoms with Crippen LogP contribution in [0.2, 0.25) is 0 Å². The molecule has 134 valence electrons. The maximum absolute atomic E-state index is 11.6. The van der Waals surface area contributed by atoms with Crippen molar-refractivity contribution in [2.75, 3.05) is 11.4 Å². The topological polar surface area (TPSA) is 101 Å². The number of ether oxygens (including phenoxy) is 1. The first-order chi connectivity index (χ1) is 11.8. The number of carbonyl (C=O) groups is 1. The third kappa shape index (κ3) is 3.60. The van der Waals surface area contributed by atoms with Gasteiger partial charge in [-0.15, -0.1) is 0 Å². The summed E-state index contributed by atoms with van der Waals surface area (Å²) in [7, 11) is 0. The predicted octanol–water partition coefficient (Wildman–Crippen LogP) is 2.40. The number of hydrogen-bond acceptors (Lipinski definition) is 5. The molecule has 2 aromatic heterocycles. The molecule has 1 fully saturated rings. The second-order valence-electron chi connectivity index (χ2n) is 7.57. The molecular formula is C18H24N4O3. The minimum atomic E-state index is -0.724. The molecule has 3 N–H and O–H groups in total. The van der Waals surface area contributed by atoms with Crippen molar-refractivity contribution in [1.82, 2.24) is 9.97 Å². The normalized spacial score (nSPS) is 21.3. The number of nitrogens with two attached hydrogens (primary N) is 1. The van der Waals surface area contributed by atoms with Crippen molar-refractivity contribution in [3.63, 3.8) is 0 Å². The molecule has 0 radical (unpaired) electrons. The van der Waals surface area contributed by atoms with Crippen LogP contribution in [0.25, 0.3) is 11.0 Å². The number of aromatic nitrogens is 2. The molecule has 1 saturated heterocycles. The first kappa shape index (κ1) is 17.3. The molecule has 2 unspecified atom stereocenters. The minimum absolute atomic E-state index is 0.0303. The maximum Gasteiger partial charge on any atom is 0.404 e. The minimum Gasteiger partial charge on any atom is -0.446 e. The highest BCUT2D eigenvalue weighted by atomic mass is 16.6. The molecule has 1 aliphatic heterocycles. The number of hydrogen-bond donors (Lipinski definition) is 2. The highest BCUT2D eigenvalue weighted by Crippen LogP contribution is 2.38. The zero-order chi connectivity index (χ0) is 18.2. The van der Waals surface area contributed by atoms with Gasteiger partial charge in [-0.25, -0.2) is 9.78 Å². The van der Waals surface area contributed by atoms with Crippen LogP contribution >= 0.6 is 0 Å². The first-order valence-corrected chi connectivity index (χ1v) is 8.46. The van der Waals surface area contributed by atoms with Crippen LogP contribution in [0.4, 0.5) is 10.5 Å². The molecule has 3 heterocycles. The molecule has 25 heavy (non-hydrogen) atoms. The van der Waals surface area contributed by atoms with E-state index >= 15 is 0 Å². The smallest absolute Gasteiger partial charge is 0.404 e. The van der Waals surface area contributed by atoms with E-state index in [4.69, 9.17) is 10.5 Å². The second kappa shape index (κ2) is 6.38. The lowest BCUT2D eigenvalue weighted by molar-refractivity contribution is 0.0671. The van der Waals surface area contributed by atoms with Gasteiger partial charge >= 0.3 is 6.09 Å². The summed E-state index contributed by atoms with van der Waals surface area (Å²) in [6.45, 7) is 7.24. The number of nitrogens with one attached hydrogen (secondary N) is 1. The quantitative estimate of drug-likeness (QED) is 0.871. The standard InChI is InChI=1S/C18H24N4O3/c1-18(2,3)14-10-11(25-17(19)24)7-9-22(14)13-6-8-20-16-12(13)4-5-15(23)21-16/h4-6,8,11,14H,7,9-10H2,1-3H3,(H2,19,24)(H,20,21,23). The van der Waals surface area contributed by atoms with Gasteiger partial charge in [-0.2, -0.15) is 0 Å². The maximum atomic E-state index is 11.6. The van der Waals surface area contributed by atoms with E-state index in [2.05, 4.69) is 35.6 Å². The van der Waals surface area contributed by atoms with Gasteiger partial charge in [0, 0.05) is 48.8 Å². The summed E-state index contributed by atoms with van der Waals surface area (Å²) in [6, 6.07) is 5.45. The Morgan fingerprint density at radius 1 is 1.36 bits per heavy atom. The number of carbonyl (C=O) groups excluding carboxylic acids is 1. The van der Waals surface area contributed by atoms with E-state index in [1.807, 2.05) is 12.1 Å². The Morgan fingerprint density at radius 2 is 2.12 bits per heavy atom. The van der Waals surface area contributed by atoms with Crippen molar-refractivity contribution in [3.8, 4) is 0 Å². The Balaban J connectivity index is 2.00. The number of pyridine rings is 2. The van der Waals surface area contributed by atoms with E-state index in [0.29, 0.717) is 18.5 Å². The van der Waals surface area contributed by atoms with E-state index in [-0.39, 0.29) is 23.1 Å². The summed E-state index contributed by atoms with van der Waals surface area (Å²) in [5, 5.41) is 0.908. The number of nitrogens with zero attached hydrogens (tertiary/aromatic N) is 2. The van der Waals surface area contributed by atoms with Crippen LogP contribution in [-0.4, -0.2) is 34.8 Å². The molecule has 2 aromatic rings. The van der Waals surface area contributed by atoms with E-state index in [1.165, 1.54) is 6.07 Å². The lowest BCUT2D eigenvalue weighted by Crippen LogP contribution is -2.52. The molecule has 0 spiro atoms. The highest BCUT2D eigenvalue weighted by molar-refractivity contribution is 5.89. The molecular weight excluding hydrogens is 320 g/mol. The largest absolute Gasteiger partial charge is 0.446 e. The van der Waals surface area contributed by atoms with Gasteiger partial charge in [0.05, 0.1) is 0 Å². The van der Waals surface area contributed by atoms with Crippen molar-refractivity contribution >= 4 is 22.8 Å². The monoisotopic (exact) mass is 344 g/mol. The fourth-order valence-corrected chi connectivity index (χ4v) is 3.61. The van der Waals surface area contributed by atoms with Crippen LogP contribution in [0, 0.1) is 5.41 Å². The Bertz CT molecular complexity index is 840. The number of piperidine rings is 1. The number of primary amides is 1. The van der Waals surface area contributed by atoms with Crippen molar-refractivity contribution in [3.05, 3.63) is 34.7 Å². The van der Waals surface area contributed by atoms with Crippen LogP contribution < -0.4 is 16.2 Å². The summed E-state index contributed by atoms with van der Waals surface area (Å²) < 4.78 is 5.26. The molecule has 3 rings (SSSR count). The van der Waals surface area contributed by atoms with Gasteiger partial charge in [-0.3, -0.25) is 4.79 Å². The average Bonchev–Trinajstić information content (AvgIpc) is 2.52. The van der Waals surface area contributed by atoms with Gasteiger partial charge < -0.3 is 20.4 Å². The number of amides is 1. The summed E-state index contributed by atoms with van der Waals surface area (Å²) in [5.41, 5.74) is 6.60. The van der Waals surface area contributed by atoms with Gasteiger partial charge in [0.2, 0.25) is 5.56 Å². The Labute approximate surface area is 146 Å². The van der Waals surface area contributed by atoms with Crippen molar-refractivity contribution in [1.29, 1.82) is 0 Å². The highest BCUT2D eigenvalue weighted by Gasteiger charge is 2.38. The third-order valence-corrected chi connectivity index (χ3v) is 4.76. The molecule has 7 heteroatoms. The van der Waals surface area contributed by atoms with E-state index in [9.17, 15) is 9.59 Å². The van der Waals surface area contributed by atoms with Crippen LogP contribution in [0.15, 0.2) is 29.2 Å². The van der Waals surface area contributed by atoms with Gasteiger partial charge in [0.25, 0.3) is 0 Å². The fourth-order valence-electron chi connectivity index (χ4n) is 3.61. The summed E-state index contributed by atoms with van der Waals surface area (Å²) in [6.07, 6.45) is 2.23. The van der Waals surface area contributed by atoms with Crippen molar-refractivity contribution < 1.29 is 9.53 Å². The number of rotatable bonds is 2. The lowest BCUT2D eigenvalue weighted by atomic mass is 9.79. The average molecular weight is 344 g/mol. The molecule has 0 aliphatic carbocycles. The SMILES string of the molecule is CC(C)(C)C1CC(OC(N)=O)CCN1c1ccnc2[nH]c(=O)ccc12. The second-order valence-corrected chi connectivity index (χ2v) is 7.57. The van der Waals surface area contributed by atoms with Gasteiger partial charge in [-0.1, -0.05) is 20.8 Å². The van der Waals surface area contributed by atoms with E-state index in [0.717, 1.165) is 17.6 Å². The van der Waals surface area contributed by atoms with Crippen LogP contribution in [0.1, 0.15) is 33.6 Å². The molecule has 7 nitrogen and oxygen atoms in total. The van der Waals surface area contributed by atoms with E-state index in [1.54, 1.807) is 6.20 Å². The summed E-state index contributed by atoms with van der Waals surface area (Å²) >= 11 is 0. The molecule has 2 atom stereocenters. The van der Waals surface area contributed by atoms with Crippen LogP contribution in [0.5, 0.6) is 0 Å². The number of anilines is 1. The zero-order valence-corrected chi connectivity index (χ0v) is 14.8. The fraction of sp³-hybridized carbons (Fsp3) is 0.500. The third-order valence-electron chi connectivity index (χ3n) is 4.76. The van der Waals surface area contributed by atoms with Gasteiger partial charge in [0.1, 0.15) is 11.8 Å². The molecule has 0 bridgehead atoms.